The van der Waals surface area contributed by atoms with Crippen LogP contribution < -0.4 is 10.1 Å². The van der Waals surface area contributed by atoms with Crippen molar-refractivity contribution in [1.82, 2.24) is 5.32 Å². The van der Waals surface area contributed by atoms with E-state index in [0.717, 1.165) is 12.2 Å². The van der Waals surface area contributed by atoms with Gasteiger partial charge in [-0.2, -0.15) is 0 Å². The van der Waals surface area contributed by atoms with E-state index < -0.39 is 0 Å². The summed E-state index contributed by atoms with van der Waals surface area (Å²) in [6.07, 6.45) is 0.822. The smallest absolute Gasteiger partial charge is 0.246 e. The fourth-order valence-electron chi connectivity index (χ4n) is 1.38. The summed E-state index contributed by atoms with van der Waals surface area (Å²) in [6.45, 7) is 2.56. The molecule has 1 amide bonds. The molecule has 17 heavy (non-hydrogen) atoms. The van der Waals surface area contributed by atoms with E-state index in [-0.39, 0.29) is 18.6 Å². The van der Waals surface area contributed by atoms with Crippen molar-refractivity contribution in [3.8, 4) is 5.75 Å². The molecule has 0 radical (unpaired) electrons. The number of amides is 1. The van der Waals surface area contributed by atoms with Crippen LogP contribution in [-0.2, 0) is 9.53 Å². The molecule has 0 saturated carbocycles. The lowest BCUT2D eigenvalue weighted by molar-refractivity contribution is -0.125. The van der Waals surface area contributed by atoms with E-state index in [4.69, 9.17) is 9.47 Å². The van der Waals surface area contributed by atoms with Crippen LogP contribution >= 0.6 is 0 Å². The summed E-state index contributed by atoms with van der Waals surface area (Å²) in [7, 11) is 1.50. The van der Waals surface area contributed by atoms with Crippen molar-refractivity contribution in [2.24, 2.45) is 0 Å². The number of para-hydroxylation sites is 1. The standard InChI is InChI=1S/C13H19NO3/c1-3-11(14-13(15)10-16-2)9-17-12-7-5-4-6-8-12/h4-8,11H,3,9-10H2,1-2H3,(H,14,15). The Morgan fingerprint density at radius 1 is 1.35 bits per heavy atom. The second kappa shape index (κ2) is 7.68. The van der Waals surface area contributed by atoms with Gasteiger partial charge in [-0.3, -0.25) is 4.79 Å². The largest absolute Gasteiger partial charge is 0.491 e. The molecule has 1 N–H and O–H groups in total. The van der Waals surface area contributed by atoms with Crippen LogP contribution in [0.3, 0.4) is 0 Å². The maximum absolute atomic E-state index is 11.3. The van der Waals surface area contributed by atoms with E-state index in [0.29, 0.717) is 6.61 Å². The van der Waals surface area contributed by atoms with Gasteiger partial charge in [0.25, 0.3) is 0 Å². The summed E-state index contributed by atoms with van der Waals surface area (Å²) in [6, 6.07) is 9.56. The zero-order valence-corrected chi connectivity index (χ0v) is 10.3. The molecule has 94 valence electrons. The Morgan fingerprint density at radius 2 is 2.06 bits per heavy atom. The summed E-state index contributed by atoms with van der Waals surface area (Å²) in [5.41, 5.74) is 0. The van der Waals surface area contributed by atoms with Crippen LogP contribution in [0, 0.1) is 0 Å². The van der Waals surface area contributed by atoms with Crippen LogP contribution in [0.5, 0.6) is 5.75 Å². The Morgan fingerprint density at radius 3 is 2.65 bits per heavy atom. The van der Waals surface area contributed by atoms with Gasteiger partial charge in [0.15, 0.2) is 0 Å². The fraction of sp³-hybridized carbons (Fsp3) is 0.462. The average Bonchev–Trinajstić information content (AvgIpc) is 2.36. The van der Waals surface area contributed by atoms with Gasteiger partial charge >= 0.3 is 0 Å². The maximum atomic E-state index is 11.3. The van der Waals surface area contributed by atoms with Crippen molar-refractivity contribution in [2.45, 2.75) is 19.4 Å². The topological polar surface area (TPSA) is 47.6 Å². The summed E-state index contributed by atoms with van der Waals surface area (Å²) in [5, 5.41) is 2.85. The number of ether oxygens (including phenoxy) is 2. The minimum absolute atomic E-state index is 0.0119. The van der Waals surface area contributed by atoms with Gasteiger partial charge in [-0.05, 0) is 18.6 Å². The SMILES string of the molecule is CCC(COc1ccccc1)NC(=O)COC. The number of benzene rings is 1. The molecule has 1 atom stereocenters. The summed E-state index contributed by atoms with van der Waals surface area (Å²) < 4.78 is 10.3. The number of hydrogen-bond acceptors (Lipinski definition) is 3. The number of methoxy groups -OCH3 is 1. The normalized spacial score (nSPS) is 11.9. The minimum atomic E-state index is -0.115. The highest BCUT2D eigenvalue weighted by molar-refractivity contribution is 5.77. The number of rotatable bonds is 7. The first-order valence-electron chi connectivity index (χ1n) is 5.72. The number of carbonyl (C=O) groups excluding carboxylic acids is 1. The molecule has 0 spiro atoms. The Hall–Kier alpha value is -1.55. The monoisotopic (exact) mass is 237 g/mol. The first-order valence-corrected chi connectivity index (χ1v) is 5.72. The Kier molecular flexibility index (Phi) is 6.10. The third kappa shape index (κ3) is 5.36. The molecule has 0 saturated heterocycles. The van der Waals surface area contributed by atoms with Gasteiger partial charge < -0.3 is 14.8 Å². The minimum Gasteiger partial charge on any atom is -0.491 e. The van der Waals surface area contributed by atoms with E-state index in [9.17, 15) is 4.79 Å². The van der Waals surface area contributed by atoms with Crippen molar-refractivity contribution in [3.63, 3.8) is 0 Å². The third-order valence-electron chi connectivity index (χ3n) is 2.33. The van der Waals surface area contributed by atoms with E-state index >= 15 is 0 Å². The Bertz CT molecular complexity index is 327. The molecule has 1 aromatic carbocycles. The van der Waals surface area contributed by atoms with Crippen LogP contribution in [0.15, 0.2) is 30.3 Å². The summed E-state index contributed by atoms with van der Waals surface area (Å²) >= 11 is 0. The van der Waals surface area contributed by atoms with E-state index in [1.165, 1.54) is 7.11 Å². The first-order chi connectivity index (χ1) is 8.26. The lowest BCUT2D eigenvalue weighted by Crippen LogP contribution is -2.40. The second-order valence-corrected chi connectivity index (χ2v) is 3.73. The van der Waals surface area contributed by atoms with E-state index in [2.05, 4.69) is 5.32 Å². The molecule has 4 heteroatoms. The Labute approximate surface area is 102 Å². The van der Waals surface area contributed by atoms with Gasteiger partial charge in [-0.15, -0.1) is 0 Å². The van der Waals surface area contributed by atoms with Crippen molar-refractivity contribution in [3.05, 3.63) is 30.3 Å². The van der Waals surface area contributed by atoms with Crippen molar-refractivity contribution in [1.29, 1.82) is 0 Å². The van der Waals surface area contributed by atoms with E-state index in [1.54, 1.807) is 0 Å². The van der Waals surface area contributed by atoms with Crippen LogP contribution in [0.2, 0.25) is 0 Å². The van der Waals surface area contributed by atoms with Crippen molar-refractivity contribution >= 4 is 5.91 Å². The molecule has 1 unspecified atom stereocenters. The summed E-state index contributed by atoms with van der Waals surface area (Å²) in [4.78, 5) is 11.3. The Balaban J connectivity index is 2.34. The second-order valence-electron chi connectivity index (χ2n) is 3.73. The quantitative estimate of drug-likeness (QED) is 0.783. The van der Waals surface area contributed by atoms with Crippen LogP contribution in [0.1, 0.15) is 13.3 Å². The van der Waals surface area contributed by atoms with Gasteiger partial charge in [0, 0.05) is 7.11 Å². The number of nitrogens with one attached hydrogen (secondary N) is 1. The third-order valence-corrected chi connectivity index (χ3v) is 2.33. The zero-order valence-electron chi connectivity index (χ0n) is 10.3. The van der Waals surface area contributed by atoms with Crippen molar-refractivity contribution < 1.29 is 14.3 Å². The number of hydrogen-bond donors (Lipinski definition) is 1. The van der Waals surface area contributed by atoms with Gasteiger partial charge in [-0.25, -0.2) is 0 Å². The molecule has 0 fully saturated rings. The fourth-order valence-corrected chi connectivity index (χ4v) is 1.38. The highest BCUT2D eigenvalue weighted by atomic mass is 16.5. The maximum Gasteiger partial charge on any atom is 0.246 e. The lowest BCUT2D eigenvalue weighted by atomic mass is 10.2. The van der Waals surface area contributed by atoms with Crippen LogP contribution in [0.4, 0.5) is 0 Å². The highest BCUT2D eigenvalue weighted by Gasteiger charge is 2.10. The van der Waals surface area contributed by atoms with E-state index in [1.807, 2.05) is 37.3 Å². The molecule has 0 heterocycles. The number of carbonyl (C=O) groups is 1. The van der Waals surface area contributed by atoms with Gasteiger partial charge in [-0.1, -0.05) is 25.1 Å². The predicted molar refractivity (Wildman–Crippen MR) is 66.0 cm³/mol. The molecule has 0 aromatic heterocycles. The van der Waals surface area contributed by atoms with Crippen LogP contribution in [0.25, 0.3) is 0 Å². The predicted octanol–water partition coefficient (Wildman–Crippen LogP) is 1.61. The van der Waals surface area contributed by atoms with Gasteiger partial charge in [0.1, 0.15) is 19.0 Å². The molecule has 0 aliphatic rings. The molecule has 0 aliphatic heterocycles. The summed E-state index contributed by atoms with van der Waals surface area (Å²) in [5.74, 6) is 0.697. The first kappa shape index (κ1) is 13.5. The van der Waals surface area contributed by atoms with Gasteiger partial charge in [0.2, 0.25) is 5.91 Å². The molecular formula is C13H19NO3. The molecule has 1 rings (SSSR count). The molecule has 1 aromatic rings. The lowest BCUT2D eigenvalue weighted by Gasteiger charge is -2.17. The zero-order chi connectivity index (χ0) is 12.5. The molecule has 0 bridgehead atoms. The van der Waals surface area contributed by atoms with Crippen molar-refractivity contribution in [2.75, 3.05) is 20.3 Å². The van der Waals surface area contributed by atoms with Crippen LogP contribution in [-0.4, -0.2) is 32.3 Å². The van der Waals surface area contributed by atoms with Gasteiger partial charge in [0.05, 0.1) is 6.04 Å². The molecule has 4 nitrogen and oxygen atoms in total. The molecule has 0 aliphatic carbocycles. The highest BCUT2D eigenvalue weighted by Crippen LogP contribution is 2.09. The molecular weight excluding hydrogens is 218 g/mol. The average molecular weight is 237 g/mol.